The van der Waals surface area contributed by atoms with E-state index in [1.54, 1.807) is 0 Å². The molecule has 0 amide bonds. The largest absolute Gasteiger partial charge is 0.326 e. The fourth-order valence-electron chi connectivity index (χ4n) is 3.71. The average Bonchev–Trinajstić information content (AvgIpc) is 2.43. The summed E-state index contributed by atoms with van der Waals surface area (Å²) in [5.41, 5.74) is 12.3. The van der Waals surface area contributed by atoms with Crippen molar-refractivity contribution in [2.75, 3.05) is 13.1 Å². The molecular formula is C19H32N2. The minimum Gasteiger partial charge on any atom is -0.326 e. The maximum Gasteiger partial charge on any atom is 0.0307 e. The van der Waals surface area contributed by atoms with Gasteiger partial charge in [0, 0.05) is 11.6 Å². The maximum atomic E-state index is 6.65. The third-order valence-electron chi connectivity index (χ3n) is 5.34. The van der Waals surface area contributed by atoms with Gasteiger partial charge in [0.15, 0.2) is 0 Å². The van der Waals surface area contributed by atoms with Gasteiger partial charge >= 0.3 is 0 Å². The van der Waals surface area contributed by atoms with Gasteiger partial charge in [-0.25, -0.2) is 0 Å². The molecule has 1 aliphatic rings. The minimum absolute atomic E-state index is 0.0736. The second-order valence-corrected chi connectivity index (χ2v) is 7.39. The smallest absolute Gasteiger partial charge is 0.0307 e. The summed E-state index contributed by atoms with van der Waals surface area (Å²) < 4.78 is 0. The molecule has 2 nitrogen and oxygen atoms in total. The molecule has 1 fully saturated rings. The molecule has 1 aromatic carbocycles. The first-order chi connectivity index (χ1) is 9.82. The van der Waals surface area contributed by atoms with Gasteiger partial charge in [-0.05, 0) is 83.7 Å². The van der Waals surface area contributed by atoms with E-state index in [0.717, 1.165) is 6.42 Å². The number of aryl methyl sites for hydroxylation is 3. The van der Waals surface area contributed by atoms with Gasteiger partial charge in [-0.15, -0.1) is 0 Å². The Balaban J connectivity index is 2.15. The fourth-order valence-corrected chi connectivity index (χ4v) is 3.71. The number of hydrogen-bond acceptors (Lipinski definition) is 2. The van der Waals surface area contributed by atoms with Crippen LogP contribution in [-0.4, -0.2) is 29.6 Å². The zero-order chi connectivity index (χ0) is 15.6. The summed E-state index contributed by atoms with van der Waals surface area (Å²) in [5.74, 6) is 0. The lowest BCUT2D eigenvalue weighted by atomic mass is 9.84. The number of nitrogens with zero attached hydrogens (tertiary/aromatic N) is 1. The number of hydrogen-bond donors (Lipinski definition) is 1. The molecule has 0 bridgehead atoms. The summed E-state index contributed by atoms with van der Waals surface area (Å²) in [5, 5.41) is 0. The van der Waals surface area contributed by atoms with Gasteiger partial charge in [-0.1, -0.05) is 24.1 Å². The third-order valence-corrected chi connectivity index (χ3v) is 5.34. The highest BCUT2D eigenvalue weighted by molar-refractivity contribution is 5.38. The van der Waals surface area contributed by atoms with Gasteiger partial charge in [0.1, 0.15) is 0 Å². The number of nitrogens with two attached hydrogens (primary N) is 1. The molecule has 1 aromatic rings. The Morgan fingerprint density at radius 2 is 1.57 bits per heavy atom. The molecule has 1 heterocycles. The molecule has 0 saturated carbocycles. The molecule has 2 heteroatoms. The first-order valence-corrected chi connectivity index (χ1v) is 8.39. The monoisotopic (exact) mass is 288 g/mol. The minimum atomic E-state index is 0.0736. The molecule has 0 aromatic heterocycles. The molecule has 1 saturated heterocycles. The maximum absolute atomic E-state index is 6.65. The predicted octanol–water partition coefficient (Wildman–Crippen LogP) is 3.75. The van der Waals surface area contributed by atoms with E-state index in [9.17, 15) is 0 Å². The summed E-state index contributed by atoms with van der Waals surface area (Å²) in [7, 11) is 0. The summed E-state index contributed by atoms with van der Waals surface area (Å²) in [6.07, 6.45) is 4.98. The molecule has 0 radical (unpaired) electrons. The van der Waals surface area contributed by atoms with Crippen LogP contribution in [0.3, 0.4) is 0 Å². The van der Waals surface area contributed by atoms with E-state index in [4.69, 9.17) is 5.73 Å². The second kappa shape index (κ2) is 6.50. The van der Waals surface area contributed by atoms with Crippen LogP contribution in [0.2, 0.25) is 0 Å². The van der Waals surface area contributed by atoms with Crippen molar-refractivity contribution in [2.45, 2.75) is 71.9 Å². The van der Waals surface area contributed by atoms with Crippen molar-refractivity contribution < 1.29 is 0 Å². The Hall–Kier alpha value is -0.860. The summed E-state index contributed by atoms with van der Waals surface area (Å²) >= 11 is 0. The number of benzene rings is 1. The molecule has 0 spiro atoms. The molecule has 1 unspecified atom stereocenters. The molecular weight excluding hydrogens is 256 g/mol. The van der Waals surface area contributed by atoms with E-state index < -0.39 is 0 Å². The van der Waals surface area contributed by atoms with Crippen LogP contribution in [0.25, 0.3) is 0 Å². The van der Waals surface area contributed by atoms with Crippen molar-refractivity contribution in [2.24, 2.45) is 5.73 Å². The Bertz CT molecular complexity index is 461. The first-order valence-electron chi connectivity index (χ1n) is 8.39. The van der Waals surface area contributed by atoms with Crippen LogP contribution in [0.4, 0.5) is 0 Å². The fraction of sp³-hybridized carbons (Fsp3) is 0.684. The van der Waals surface area contributed by atoms with Crippen LogP contribution in [0.1, 0.15) is 55.4 Å². The topological polar surface area (TPSA) is 29.3 Å². The van der Waals surface area contributed by atoms with Crippen molar-refractivity contribution in [1.29, 1.82) is 0 Å². The van der Waals surface area contributed by atoms with Gasteiger partial charge in [-0.3, -0.25) is 4.90 Å². The molecule has 21 heavy (non-hydrogen) atoms. The molecule has 2 N–H and O–H groups in total. The molecule has 2 rings (SSSR count). The van der Waals surface area contributed by atoms with E-state index in [1.807, 2.05) is 0 Å². The van der Waals surface area contributed by atoms with E-state index >= 15 is 0 Å². The number of likely N-dealkylation sites (tertiary alicyclic amines) is 1. The van der Waals surface area contributed by atoms with Crippen molar-refractivity contribution in [1.82, 2.24) is 4.90 Å². The van der Waals surface area contributed by atoms with Gasteiger partial charge in [0.25, 0.3) is 0 Å². The summed E-state index contributed by atoms with van der Waals surface area (Å²) in [6.45, 7) is 13.6. The highest BCUT2D eigenvalue weighted by Gasteiger charge is 2.34. The van der Waals surface area contributed by atoms with E-state index in [1.165, 1.54) is 54.6 Å². The quantitative estimate of drug-likeness (QED) is 0.914. The lowest BCUT2D eigenvalue weighted by Gasteiger charge is -2.45. The highest BCUT2D eigenvalue weighted by Crippen LogP contribution is 2.26. The lowest BCUT2D eigenvalue weighted by molar-refractivity contribution is 0.0730. The lowest BCUT2D eigenvalue weighted by Crippen LogP contribution is -2.58. The van der Waals surface area contributed by atoms with Crippen LogP contribution in [-0.2, 0) is 6.42 Å². The van der Waals surface area contributed by atoms with Crippen molar-refractivity contribution in [3.05, 3.63) is 34.4 Å². The Labute approximate surface area is 130 Å². The molecule has 1 aliphatic heterocycles. The Morgan fingerprint density at radius 1 is 1.05 bits per heavy atom. The average molecular weight is 288 g/mol. The standard InChI is InChI=1S/C19H32N2/c1-14-11-15(2)17(16(3)12-14)13-18(20)19(4,5)21-9-7-6-8-10-21/h11-12,18H,6-10,13,20H2,1-5H3. The van der Waals surface area contributed by atoms with E-state index in [0.29, 0.717) is 0 Å². The molecule has 1 atom stereocenters. The first kappa shape index (κ1) is 16.5. The SMILES string of the molecule is Cc1cc(C)c(CC(N)C(C)(C)N2CCCCC2)c(C)c1. The van der Waals surface area contributed by atoms with Crippen molar-refractivity contribution >= 4 is 0 Å². The van der Waals surface area contributed by atoms with Gasteiger partial charge < -0.3 is 5.73 Å². The predicted molar refractivity (Wildman–Crippen MR) is 91.8 cm³/mol. The third kappa shape index (κ3) is 3.67. The zero-order valence-electron chi connectivity index (χ0n) is 14.5. The normalized spacial score (nSPS) is 18.8. The summed E-state index contributed by atoms with van der Waals surface area (Å²) in [6, 6.07) is 4.74. The van der Waals surface area contributed by atoms with Crippen molar-refractivity contribution in [3.63, 3.8) is 0 Å². The second-order valence-electron chi connectivity index (χ2n) is 7.39. The van der Waals surface area contributed by atoms with Crippen LogP contribution in [0.15, 0.2) is 12.1 Å². The molecule has 0 aliphatic carbocycles. The van der Waals surface area contributed by atoms with Crippen LogP contribution < -0.4 is 5.73 Å². The Morgan fingerprint density at radius 3 is 2.10 bits per heavy atom. The van der Waals surface area contributed by atoms with Gasteiger partial charge in [0.2, 0.25) is 0 Å². The Kier molecular flexibility index (Phi) is 5.11. The van der Waals surface area contributed by atoms with E-state index in [2.05, 4.69) is 51.7 Å². The van der Waals surface area contributed by atoms with Crippen LogP contribution in [0.5, 0.6) is 0 Å². The van der Waals surface area contributed by atoms with Crippen molar-refractivity contribution in [3.8, 4) is 0 Å². The van der Waals surface area contributed by atoms with Gasteiger partial charge in [-0.2, -0.15) is 0 Å². The van der Waals surface area contributed by atoms with Crippen LogP contribution in [0, 0.1) is 20.8 Å². The summed E-state index contributed by atoms with van der Waals surface area (Å²) in [4.78, 5) is 2.60. The van der Waals surface area contributed by atoms with Crippen LogP contribution >= 0.6 is 0 Å². The van der Waals surface area contributed by atoms with E-state index in [-0.39, 0.29) is 11.6 Å². The number of piperidine rings is 1. The van der Waals surface area contributed by atoms with Gasteiger partial charge in [0.05, 0.1) is 0 Å². The zero-order valence-corrected chi connectivity index (χ0v) is 14.5. The highest BCUT2D eigenvalue weighted by atomic mass is 15.2. The number of rotatable bonds is 4. The molecule has 118 valence electrons.